The number of hydrogen-bond donors (Lipinski definition) is 1. The van der Waals surface area contributed by atoms with Gasteiger partial charge in [-0.25, -0.2) is 0 Å². The van der Waals surface area contributed by atoms with Crippen LogP contribution in [-0.4, -0.2) is 20.8 Å². The van der Waals surface area contributed by atoms with Crippen molar-refractivity contribution in [2.75, 3.05) is 5.32 Å². The lowest BCUT2D eigenvalue weighted by atomic mass is 10.0. The van der Waals surface area contributed by atoms with Crippen molar-refractivity contribution in [2.45, 2.75) is 39.7 Å². The highest BCUT2D eigenvalue weighted by atomic mass is 15.2. The molecule has 0 aliphatic rings. The van der Waals surface area contributed by atoms with Crippen LogP contribution in [0.25, 0.3) is 5.69 Å². The third kappa shape index (κ3) is 4.09. The predicted molar refractivity (Wildman–Crippen MR) is 78.5 cm³/mol. The molecule has 1 atom stereocenters. The van der Waals surface area contributed by atoms with Gasteiger partial charge in [-0.15, -0.1) is 10.2 Å². The molecule has 1 aromatic carbocycles. The average molecular weight is 258 g/mol. The molecule has 0 bridgehead atoms. The van der Waals surface area contributed by atoms with Crippen molar-refractivity contribution >= 4 is 5.69 Å². The number of hydrogen-bond acceptors (Lipinski definition) is 3. The van der Waals surface area contributed by atoms with Crippen LogP contribution >= 0.6 is 0 Å². The van der Waals surface area contributed by atoms with Crippen LogP contribution in [0.15, 0.2) is 36.9 Å². The maximum atomic E-state index is 3.83. The zero-order chi connectivity index (χ0) is 13.7. The fourth-order valence-corrected chi connectivity index (χ4v) is 2.03. The maximum Gasteiger partial charge on any atom is 0.123 e. The van der Waals surface area contributed by atoms with Crippen LogP contribution in [0.5, 0.6) is 0 Å². The number of rotatable bonds is 6. The van der Waals surface area contributed by atoms with Gasteiger partial charge in [0.15, 0.2) is 0 Å². The summed E-state index contributed by atoms with van der Waals surface area (Å²) in [6, 6.07) is 8.80. The molecule has 1 N–H and O–H groups in total. The van der Waals surface area contributed by atoms with E-state index in [0.29, 0.717) is 6.04 Å². The minimum absolute atomic E-state index is 0.485. The molecular formula is C15H22N4. The highest BCUT2D eigenvalue weighted by Gasteiger charge is 2.04. The summed E-state index contributed by atoms with van der Waals surface area (Å²) < 4.78 is 1.91. The topological polar surface area (TPSA) is 42.7 Å². The monoisotopic (exact) mass is 258 g/mol. The van der Waals surface area contributed by atoms with E-state index in [9.17, 15) is 0 Å². The van der Waals surface area contributed by atoms with Crippen LogP contribution in [0.2, 0.25) is 0 Å². The van der Waals surface area contributed by atoms with Gasteiger partial charge >= 0.3 is 0 Å². The van der Waals surface area contributed by atoms with Crippen molar-refractivity contribution < 1.29 is 0 Å². The molecule has 19 heavy (non-hydrogen) atoms. The molecule has 1 unspecified atom stereocenters. The van der Waals surface area contributed by atoms with Crippen molar-refractivity contribution in [2.24, 2.45) is 5.92 Å². The zero-order valence-corrected chi connectivity index (χ0v) is 11.9. The largest absolute Gasteiger partial charge is 0.383 e. The van der Waals surface area contributed by atoms with Crippen LogP contribution < -0.4 is 5.32 Å². The summed E-state index contributed by atoms with van der Waals surface area (Å²) in [5, 5.41) is 11.2. The predicted octanol–water partition coefficient (Wildman–Crippen LogP) is 3.50. The first-order valence-electron chi connectivity index (χ1n) is 6.86. The van der Waals surface area contributed by atoms with Gasteiger partial charge in [0.1, 0.15) is 12.7 Å². The molecule has 2 aromatic rings. The molecule has 1 heterocycles. The lowest BCUT2D eigenvalue weighted by Crippen LogP contribution is -2.15. The molecule has 0 fully saturated rings. The van der Waals surface area contributed by atoms with Gasteiger partial charge < -0.3 is 5.32 Å². The fourth-order valence-electron chi connectivity index (χ4n) is 2.03. The average Bonchev–Trinajstić information content (AvgIpc) is 2.90. The Labute approximate surface area is 114 Å². The van der Waals surface area contributed by atoms with Crippen LogP contribution in [0.1, 0.15) is 33.6 Å². The second-order valence-electron chi connectivity index (χ2n) is 5.44. The first-order valence-corrected chi connectivity index (χ1v) is 6.86. The number of benzene rings is 1. The molecule has 0 aliphatic carbocycles. The second kappa shape index (κ2) is 6.36. The number of anilines is 1. The third-order valence-corrected chi connectivity index (χ3v) is 3.15. The van der Waals surface area contributed by atoms with E-state index in [4.69, 9.17) is 0 Å². The highest BCUT2D eigenvalue weighted by Crippen LogP contribution is 2.17. The van der Waals surface area contributed by atoms with Crippen molar-refractivity contribution in [3.63, 3.8) is 0 Å². The van der Waals surface area contributed by atoms with E-state index in [1.807, 2.05) is 16.7 Å². The van der Waals surface area contributed by atoms with E-state index in [2.05, 4.69) is 48.4 Å². The zero-order valence-electron chi connectivity index (χ0n) is 11.9. The maximum absolute atomic E-state index is 3.83. The lowest BCUT2D eigenvalue weighted by molar-refractivity contribution is 0.528. The van der Waals surface area contributed by atoms with Crippen LogP contribution in [0.3, 0.4) is 0 Å². The Morgan fingerprint density at radius 1 is 1.11 bits per heavy atom. The molecule has 0 saturated carbocycles. The minimum atomic E-state index is 0.485. The van der Waals surface area contributed by atoms with Gasteiger partial charge in [-0.2, -0.15) is 0 Å². The number of aromatic nitrogens is 3. The molecule has 0 saturated heterocycles. The van der Waals surface area contributed by atoms with E-state index in [1.54, 1.807) is 12.7 Å². The molecule has 4 heteroatoms. The molecule has 2 rings (SSSR count). The first kappa shape index (κ1) is 13.6. The van der Waals surface area contributed by atoms with Crippen molar-refractivity contribution in [1.29, 1.82) is 0 Å². The Hall–Kier alpha value is -1.84. The quantitative estimate of drug-likeness (QED) is 0.862. The summed E-state index contributed by atoms with van der Waals surface area (Å²) in [4.78, 5) is 0. The lowest BCUT2D eigenvalue weighted by Gasteiger charge is -2.17. The molecule has 0 amide bonds. The van der Waals surface area contributed by atoms with E-state index >= 15 is 0 Å². The van der Waals surface area contributed by atoms with Crippen molar-refractivity contribution in [3.8, 4) is 5.69 Å². The molecule has 0 radical (unpaired) electrons. The number of nitrogens with one attached hydrogen (secondary N) is 1. The van der Waals surface area contributed by atoms with Crippen LogP contribution in [-0.2, 0) is 0 Å². The molecule has 1 aromatic heterocycles. The van der Waals surface area contributed by atoms with Gasteiger partial charge in [0.2, 0.25) is 0 Å². The summed E-state index contributed by atoms with van der Waals surface area (Å²) >= 11 is 0. The molecular weight excluding hydrogens is 236 g/mol. The normalized spacial score (nSPS) is 12.6. The van der Waals surface area contributed by atoms with E-state index in [1.165, 1.54) is 12.8 Å². The summed E-state index contributed by atoms with van der Waals surface area (Å²) in [6.07, 6.45) is 5.86. The first-order chi connectivity index (χ1) is 9.15. The minimum Gasteiger partial charge on any atom is -0.383 e. The molecule has 102 valence electrons. The van der Waals surface area contributed by atoms with Gasteiger partial charge in [0.25, 0.3) is 0 Å². The van der Waals surface area contributed by atoms with Gasteiger partial charge in [0, 0.05) is 11.7 Å². The standard InChI is InChI=1S/C15H22N4/c1-12(2)7-8-13(3)18-14-5-4-6-15(9-14)19-10-16-17-11-19/h4-6,9-13,18H,7-8H2,1-3H3. The Balaban J connectivity index is 1.99. The van der Waals surface area contributed by atoms with Crippen molar-refractivity contribution in [3.05, 3.63) is 36.9 Å². The van der Waals surface area contributed by atoms with Crippen LogP contribution in [0, 0.1) is 5.92 Å². The Kier molecular flexibility index (Phi) is 4.55. The summed E-state index contributed by atoms with van der Waals surface area (Å²) in [5.74, 6) is 0.757. The SMILES string of the molecule is CC(C)CCC(C)Nc1cccc(-n2cnnc2)c1. The summed E-state index contributed by atoms with van der Waals surface area (Å²) in [7, 11) is 0. The number of nitrogens with zero attached hydrogens (tertiary/aromatic N) is 3. The smallest absolute Gasteiger partial charge is 0.123 e. The van der Waals surface area contributed by atoms with Gasteiger partial charge in [0.05, 0.1) is 5.69 Å². The summed E-state index contributed by atoms with van der Waals surface area (Å²) in [6.45, 7) is 6.76. The van der Waals surface area contributed by atoms with Crippen molar-refractivity contribution in [1.82, 2.24) is 14.8 Å². The second-order valence-corrected chi connectivity index (χ2v) is 5.44. The van der Waals surface area contributed by atoms with Gasteiger partial charge in [-0.1, -0.05) is 19.9 Å². The molecule has 0 spiro atoms. The summed E-state index contributed by atoms with van der Waals surface area (Å²) in [5.41, 5.74) is 2.22. The van der Waals surface area contributed by atoms with E-state index in [-0.39, 0.29) is 0 Å². The van der Waals surface area contributed by atoms with E-state index < -0.39 is 0 Å². The fraction of sp³-hybridized carbons (Fsp3) is 0.467. The van der Waals surface area contributed by atoms with Crippen LogP contribution in [0.4, 0.5) is 5.69 Å². The Morgan fingerprint density at radius 2 is 1.84 bits per heavy atom. The molecule has 0 aliphatic heterocycles. The van der Waals surface area contributed by atoms with Gasteiger partial charge in [-0.05, 0) is 43.9 Å². The molecule has 4 nitrogen and oxygen atoms in total. The Morgan fingerprint density at radius 3 is 2.53 bits per heavy atom. The Bertz CT molecular complexity index is 491. The third-order valence-electron chi connectivity index (χ3n) is 3.15. The van der Waals surface area contributed by atoms with Gasteiger partial charge in [-0.3, -0.25) is 4.57 Å². The van der Waals surface area contributed by atoms with E-state index in [0.717, 1.165) is 17.3 Å². The highest BCUT2D eigenvalue weighted by molar-refractivity contribution is 5.51.